The number of esters is 1. The van der Waals surface area contributed by atoms with Crippen molar-refractivity contribution in [2.24, 2.45) is 0 Å². The smallest absolute Gasteiger partial charge is 0.334 e. The lowest BCUT2D eigenvalue weighted by atomic mass is 10.1. The van der Waals surface area contributed by atoms with Gasteiger partial charge in [0, 0.05) is 34.7 Å². The highest BCUT2D eigenvalue weighted by Gasteiger charge is 2.19. The lowest BCUT2D eigenvalue weighted by molar-refractivity contribution is -0.384. The third-order valence-corrected chi connectivity index (χ3v) is 2.73. The van der Waals surface area contributed by atoms with Crippen LogP contribution in [0.4, 0.5) is 5.69 Å². The first-order valence-corrected chi connectivity index (χ1v) is 5.27. The van der Waals surface area contributed by atoms with Crippen LogP contribution in [-0.4, -0.2) is 17.5 Å². The van der Waals surface area contributed by atoms with E-state index in [1.165, 1.54) is 24.3 Å². The molecule has 17 heavy (non-hydrogen) atoms. The molecule has 0 unspecified atom stereocenters. The number of cyclic esters (lactones) is 1. The van der Waals surface area contributed by atoms with Gasteiger partial charge in [0.15, 0.2) is 0 Å². The van der Waals surface area contributed by atoms with Crippen molar-refractivity contribution in [3.63, 3.8) is 0 Å². The van der Waals surface area contributed by atoms with Crippen LogP contribution in [0.25, 0.3) is 6.08 Å². The second-order valence-corrected chi connectivity index (χ2v) is 3.93. The fourth-order valence-corrected chi connectivity index (χ4v) is 1.69. The summed E-state index contributed by atoms with van der Waals surface area (Å²) in [5.41, 5.74) is 0.870. The Kier molecular flexibility index (Phi) is 3.10. The van der Waals surface area contributed by atoms with E-state index in [1.54, 1.807) is 0 Å². The Morgan fingerprint density at radius 3 is 2.82 bits per heavy atom. The third-order valence-electron chi connectivity index (χ3n) is 2.39. The molecule has 1 saturated heterocycles. The molecule has 1 aromatic carbocycles. The molecule has 1 aliphatic heterocycles. The van der Waals surface area contributed by atoms with Gasteiger partial charge in [0.1, 0.15) is 0 Å². The number of ether oxygens (including phenoxy) is 1. The van der Waals surface area contributed by atoms with Gasteiger partial charge in [0.05, 0.1) is 11.5 Å². The molecule has 1 aromatic rings. The zero-order valence-electron chi connectivity index (χ0n) is 8.68. The summed E-state index contributed by atoms with van der Waals surface area (Å²) in [5, 5.41) is 11.0. The van der Waals surface area contributed by atoms with Gasteiger partial charge in [-0.15, -0.1) is 0 Å². The first-order valence-electron chi connectivity index (χ1n) is 4.89. The minimum absolute atomic E-state index is 0.0624. The Hall–Kier alpha value is -1.88. The minimum atomic E-state index is -0.509. The van der Waals surface area contributed by atoms with Crippen LogP contribution in [0.5, 0.6) is 0 Å². The van der Waals surface area contributed by atoms with Gasteiger partial charge in [-0.1, -0.05) is 11.6 Å². The molecule has 0 radical (unpaired) electrons. The normalized spacial score (nSPS) is 17.2. The summed E-state index contributed by atoms with van der Waals surface area (Å²) in [5.74, 6) is -0.396. The molecule has 1 fully saturated rings. The van der Waals surface area contributed by atoms with E-state index in [2.05, 4.69) is 0 Å². The zero-order chi connectivity index (χ0) is 12.4. The highest BCUT2D eigenvalue weighted by molar-refractivity contribution is 6.32. The lowest BCUT2D eigenvalue weighted by Crippen LogP contribution is -1.95. The SMILES string of the molecule is O=C1OCCC1=Cc1cc([N+](=O)[O-])ccc1Cl. The monoisotopic (exact) mass is 253 g/mol. The zero-order valence-corrected chi connectivity index (χ0v) is 9.44. The molecule has 1 aliphatic rings. The van der Waals surface area contributed by atoms with Crippen LogP contribution in [0.15, 0.2) is 23.8 Å². The number of nitrogens with zero attached hydrogens (tertiary/aromatic N) is 1. The minimum Gasteiger partial charge on any atom is -0.462 e. The van der Waals surface area contributed by atoms with Gasteiger partial charge in [-0.2, -0.15) is 0 Å². The van der Waals surface area contributed by atoms with Gasteiger partial charge in [-0.3, -0.25) is 10.1 Å². The summed E-state index contributed by atoms with van der Waals surface area (Å²) in [6, 6.07) is 4.09. The number of nitro benzene ring substituents is 1. The molecule has 0 aliphatic carbocycles. The number of carbonyl (C=O) groups is 1. The van der Waals surface area contributed by atoms with Crippen molar-refractivity contribution in [1.29, 1.82) is 0 Å². The highest BCUT2D eigenvalue weighted by atomic mass is 35.5. The second kappa shape index (κ2) is 4.55. The fourth-order valence-electron chi connectivity index (χ4n) is 1.52. The average Bonchev–Trinajstić information content (AvgIpc) is 2.67. The summed E-state index contributed by atoms with van der Waals surface area (Å²) >= 11 is 5.91. The van der Waals surface area contributed by atoms with Gasteiger partial charge < -0.3 is 4.74 Å². The number of halogens is 1. The van der Waals surface area contributed by atoms with E-state index in [4.69, 9.17) is 16.3 Å². The Labute approximate surface area is 102 Å². The summed E-state index contributed by atoms with van der Waals surface area (Å²) in [6.45, 7) is 0.344. The molecular weight excluding hydrogens is 246 g/mol. The molecule has 6 heteroatoms. The molecule has 0 bridgehead atoms. The van der Waals surface area contributed by atoms with Crippen LogP contribution in [-0.2, 0) is 9.53 Å². The molecule has 0 aromatic heterocycles. The number of non-ortho nitro benzene ring substituents is 1. The van der Waals surface area contributed by atoms with Gasteiger partial charge in [0.25, 0.3) is 5.69 Å². The maximum Gasteiger partial charge on any atom is 0.334 e. The van der Waals surface area contributed by atoms with Crippen molar-refractivity contribution in [2.45, 2.75) is 6.42 Å². The molecule has 0 saturated carbocycles. The Bertz CT molecular complexity index is 524. The van der Waals surface area contributed by atoms with Crippen molar-refractivity contribution in [3.05, 3.63) is 44.5 Å². The first-order chi connectivity index (χ1) is 8.08. The summed E-state index contributed by atoms with van der Waals surface area (Å²) in [6.07, 6.45) is 2.03. The van der Waals surface area contributed by atoms with Gasteiger partial charge >= 0.3 is 5.97 Å². The van der Waals surface area contributed by atoms with E-state index >= 15 is 0 Å². The average molecular weight is 254 g/mol. The topological polar surface area (TPSA) is 69.4 Å². The predicted molar refractivity (Wildman–Crippen MR) is 61.7 cm³/mol. The van der Waals surface area contributed by atoms with E-state index in [9.17, 15) is 14.9 Å². The number of hydrogen-bond acceptors (Lipinski definition) is 4. The second-order valence-electron chi connectivity index (χ2n) is 3.52. The summed E-state index contributed by atoms with van der Waals surface area (Å²) in [7, 11) is 0. The molecule has 2 rings (SSSR count). The first kappa shape index (κ1) is 11.6. The molecule has 5 nitrogen and oxygen atoms in total. The molecular formula is C11H8ClNO4. The molecule has 0 amide bonds. The third kappa shape index (κ3) is 2.45. The fraction of sp³-hybridized carbons (Fsp3) is 0.182. The highest BCUT2D eigenvalue weighted by Crippen LogP contribution is 2.26. The Morgan fingerprint density at radius 2 is 2.24 bits per heavy atom. The van der Waals surface area contributed by atoms with E-state index in [-0.39, 0.29) is 5.69 Å². The lowest BCUT2D eigenvalue weighted by Gasteiger charge is -1.99. The molecule has 0 atom stereocenters. The van der Waals surface area contributed by atoms with Gasteiger partial charge in [-0.25, -0.2) is 4.79 Å². The van der Waals surface area contributed by atoms with E-state index in [1.807, 2.05) is 0 Å². The predicted octanol–water partition coefficient (Wildman–Crippen LogP) is 2.58. The number of hydrogen-bond donors (Lipinski definition) is 0. The van der Waals surface area contributed by atoms with Crippen molar-refractivity contribution < 1.29 is 14.5 Å². The standard InChI is InChI=1S/C11H8ClNO4/c12-10-2-1-9(13(15)16)6-8(10)5-7-3-4-17-11(7)14/h1-2,5-6H,3-4H2. The Morgan fingerprint density at radius 1 is 1.47 bits per heavy atom. The largest absolute Gasteiger partial charge is 0.462 e. The molecule has 0 N–H and O–H groups in total. The van der Waals surface area contributed by atoms with E-state index in [0.29, 0.717) is 29.2 Å². The quantitative estimate of drug-likeness (QED) is 0.352. The number of nitro groups is 1. The summed E-state index contributed by atoms with van der Waals surface area (Å²) < 4.78 is 4.77. The molecule has 88 valence electrons. The van der Waals surface area contributed by atoms with Crippen molar-refractivity contribution >= 4 is 29.3 Å². The maximum absolute atomic E-state index is 11.2. The van der Waals surface area contributed by atoms with Gasteiger partial charge in [-0.05, 0) is 12.1 Å². The van der Waals surface area contributed by atoms with Gasteiger partial charge in [0.2, 0.25) is 0 Å². The number of rotatable bonds is 2. The van der Waals surface area contributed by atoms with Crippen molar-refractivity contribution in [2.75, 3.05) is 6.61 Å². The Balaban J connectivity index is 2.41. The number of carbonyl (C=O) groups excluding carboxylic acids is 1. The number of benzene rings is 1. The van der Waals surface area contributed by atoms with E-state index in [0.717, 1.165) is 0 Å². The van der Waals surface area contributed by atoms with E-state index < -0.39 is 10.9 Å². The molecule has 1 heterocycles. The van der Waals surface area contributed by atoms with Crippen LogP contribution in [0, 0.1) is 10.1 Å². The maximum atomic E-state index is 11.2. The van der Waals surface area contributed by atoms with Crippen molar-refractivity contribution in [3.8, 4) is 0 Å². The summed E-state index contributed by atoms with van der Waals surface area (Å²) in [4.78, 5) is 21.3. The van der Waals surface area contributed by atoms with Crippen LogP contribution in [0.3, 0.4) is 0 Å². The van der Waals surface area contributed by atoms with Crippen LogP contribution < -0.4 is 0 Å². The van der Waals surface area contributed by atoms with Crippen molar-refractivity contribution in [1.82, 2.24) is 0 Å². The van der Waals surface area contributed by atoms with Crippen LogP contribution in [0.1, 0.15) is 12.0 Å². The van der Waals surface area contributed by atoms with Crippen LogP contribution >= 0.6 is 11.6 Å². The molecule has 0 spiro atoms. The van der Waals surface area contributed by atoms with Crippen LogP contribution in [0.2, 0.25) is 5.02 Å².